The molecule has 4 amide bonds. The van der Waals surface area contributed by atoms with E-state index in [-0.39, 0.29) is 71.0 Å². The van der Waals surface area contributed by atoms with Gasteiger partial charge in [-0.2, -0.15) is 9.40 Å². The van der Waals surface area contributed by atoms with E-state index in [1.54, 1.807) is 82.6 Å². The molecule has 3 aliphatic heterocycles. The van der Waals surface area contributed by atoms with Crippen LogP contribution in [0.15, 0.2) is 66.7 Å². The van der Waals surface area contributed by atoms with E-state index in [4.69, 9.17) is 30.9 Å². The quantitative estimate of drug-likeness (QED) is 0.0701. The van der Waals surface area contributed by atoms with Gasteiger partial charge in [0.25, 0.3) is 5.92 Å². The Kier molecular flexibility index (Phi) is 16.5. The molecule has 22 heteroatoms. The van der Waals surface area contributed by atoms with E-state index in [0.29, 0.717) is 57.4 Å². The van der Waals surface area contributed by atoms with Gasteiger partial charge >= 0.3 is 18.0 Å². The molecule has 17 nitrogen and oxygen atoms in total. The number of imide groups is 1. The molecule has 8 rings (SSSR count). The Labute approximate surface area is 462 Å². The number of esters is 2. The van der Waals surface area contributed by atoms with Gasteiger partial charge in [-0.3, -0.25) is 19.6 Å². The molecular formula is C56H68ClF2N7O10S2. The minimum absolute atomic E-state index is 0.00945. The summed E-state index contributed by atoms with van der Waals surface area (Å²) in [7, 11) is -3.92. The van der Waals surface area contributed by atoms with E-state index in [1.807, 2.05) is 52.0 Å². The van der Waals surface area contributed by atoms with Crippen molar-refractivity contribution < 1.29 is 55.4 Å². The normalized spacial score (nSPS) is 20.1. The van der Waals surface area contributed by atoms with E-state index < -0.39 is 81.6 Å². The SMILES string of the molecule is CC(C)n1nc(C2CCC(=O)NC2=O)c2ccc(C3CCN(C(=O)Nc4cccc(CS(=O)(=O)N5CC[C@H](Nc6cccc(-c7sc(C(=O)OC(C)(C)C)c(OCC(=O)OC(C)(C)C)c7Cl)c6)CC5(C)C)c4)CC3(F)F)cc21. The third-order valence-electron chi connectivity index (χ3n) is 13.7. The first-order valence-corrected chi connectivity index (χ1v) is 28.8. The zero-order valence-corrected chi connectivity index (χ0v) is 47.9. The van der Waals surface area contributed by atoms with Gasteiger partial charge in [0.15, 0.2) is 17.2 Å². The van der Waals surface area contributed by atoms with Gasteiger partial charge < -0.3 is 29.7 Å². The number of likely N-dealkylation sites (tertiary alicyclic amines) is 1. The smallest absolute Gasteiger partial charge is 0.352 e. The Morgan fingerprint density at radius 1 is 0.923 bits per heavy atom. The molecule has 2 aromatic heterocycles. The molecule has 0 spiro atoms. The van der Waals surface area contributed by atoms with Gasteiger partial charge in [-0.25, -0.2) is 31.6 Å². The molecule has 2 unspecified atom stereocenters. The number of ether oxygens (including phenoxy) is 3. The summed E-state index contributed by atoms with van der Waals surface area (Å²) in [5, 5.41) is 14.2. The number of carbonyl (C=O) groups excluding carboxylic acids is 5. The molecule has 5 aromatic rings. The highest BCUT2D eigenvalue weighted by atomic mass is 35.5. The molecule has 3 N–H and O–H groups in total. The summed E-state index contributed by atoms with van der Waals surface area (Å²) < 4.78 is 80.9. The molecule has 78 heavy (non-hydrogen) atoms. The number of hydrogen-bond acceptors (Lipinski definition) is 13. The minimum Gasteiger partial charge on any atom is -0.479 e. The summed E-state index contributed by atoms with van der Waals surface area (Å²) >= 11 is 7.99. The van der Waals surface area contributed by atoms with E-state index in [0.717, 1.165) is 21.9 Å². The highest BCUT2D eigenvalue weighted by molar-refractivity contribution is 7.88. The molecule has 3 atom stereocenters. The number of aromatic nitrogens is 2. The second kappa shape index (κ2) is 22.2. The van der Waals surface area contributed by atoms with Gasteiger partial charge in [0.05, 0.1) is 40.2 Å². The molecule has 3 aromatic carbocycles. The van der Waals surface area contributed by atoms with Crippen molar-refractivity contribution in [2.75, 3.05) is 36.9 Å². The Bertz CT molecular complexity index is 3260. The van der Waals surface area contributed by atoms with Crippen LogP contribution in [0.3, 0.4) is 0 Å². The van der Waals surface area contributed by atoms with Crippen LogP contribution in [0.1, 0.15) is 146 Å². The number of piperidine rings is 3. The van der Waals surface area contributed by atoms with Crippen LogP contribution < -0.4 is 20.7 Å². The lowest BCUT2D eigenvalue weighted by molar-refractivity contribution is -0.157. The number of fused-ring (bicyclic) bond motifs is 1. The third-order valence-corrected chi connectivity index (χ3v) is 17.4. The van der Waals surface area contributed by atoms with E-state index >= 15 is 8.78 Å². The maximum absolute atomic E-state index is 16.2. The second-order valence-corrected chi connectivity index (χ2v) is 26.5. The molecule has 5 heterocycles. The summed E-state index contributed by atoms with van der Waals surface area (Å²) in [6, 6.07) is 17.8. The summed E-state index contributed by atoms with van der Waals surface area (Å²) in [5.41, 5.74) is 1.14. The number of thiophene rings is 1. The number of hydrogen-bond donors (Lipinski definition) is 3. The first kappa shape index (κ1) is 58.0. The number of benzene rings is 3. The fourth-order valence-electron chi connectivity index (χ4n) is 10.4. The second-order valence-electron chi connectivity index (χ2n) is 23.2. The molecule has 0 saturated carbocycles. The van der Waals surface area contributed by atoms with Gasteiger partial charge in [-0.05, 0) is 142 Å². The fraction of sp³-hybridized carbons (Fsp3) is 0.500. The molecule has 0 bridgehead atoms. The fourth-order valence-corrected chi connectivity index (χ4v) is 13.8. The number of sulfonamides is 1. The number of nitrogens with zero attached hydrogens (tertiary/aromatic N) is 4. The van der Waals surface area contributed by atoms with Crippen LogP contribution in [0.4, 0.5) is 25.0 Å². The number of halogens is 3. The van der Waals surface area contributed by atoms with Crippen molar-refractivity contribution in [1.29, 1.82) is 0 Å². The lowest BCUT2D eigenvalue weighted by Crippen LogP contribution is -2.55. The molecule has 3 fully saturated rings. The molecular weight excluding hydrogens is 1070 g/mol. The summed E-state index contributed by atoms with van der Waals surface area (Å²) in [6.45, 7) is 16.9. The van der Waals surface area contributed by atoms with Crippen molar-refractivity contribution in [3.8, 4) is 16.2 Å². The van der Waals surface area contributed by atoms with Gasteiger partial charge in [-0.1, -0.05) is 48.0 Å². The van der Waals surface area contributed by atoms with Crippen LogP contribution >= 0.6 is 22.9 Å². The average molecular weight is 1140 g/mol. The number of alkyl halides is 2. The van der Waals surface area contributed by atoms with Crippen LogP contribution in [-0.2, 0) is 39.6 Å². The lowest BCUT2D eigenvalue weighted by Gasteiger charge is -2.45. The lowest BCUT2D eigenvalue weighted by atomic mass is 9.85. The number of nitrogens with one attached hydrogen (secondary N) is 3. The van der Waals surface area contributed by atoms with E-state index in [9.17, 15) is 32.4 Å². The van der Waals surface area contributed by atoms with Crippen LogP contribution in [0.2, 0.25) is 5.02 Å². The highest BCUT2D eigenvalue weighted by Gasteiger charge is 2.47. The standard InChI is InChI=1S/C56H68ClF2N7O10S2/c1-32(2)66-42-27-34(17-18-39(42)46(63-66)40-19-20-43(67)62-50(40)69)41-22-23-64(31-56(41,58)59)52(71)61-36-15-11-13-33(25-36)30-78(72,73)65-24-21-38(28-55(65,9)10)60-37-16-12-14-35(26-37)48-45(57)47(74-29-44(68)75-53(3,4)5)49(77-48)51(70)76-54(6,7)8/h11-18,25-27,32,38,40-41,60H,19-24,28-31H2,1-10H3,(H,61,71)(H,62,67,69)/t38-,40?,41?/m0/s1. The first-order valence-electron chi connectivity index (χ1n) is 26.0. The molecule has 0 aliphatic carbocycles. The van der Waals surface area contributed by atoms with Crippen molar-refractivity contribution in [1.82, 2.24) is 24.3 Å². The van der Waals surface area contributed by atoms with Gasteiger partial charge in [-0.15, -0.1) is 11.3 Å². The maximum atomic E-state index is 16.2. The largest absolute Gasteiger partial charge is 0.479 e. The molecule has 420 valence electrons. The van der Waals surface area contributed by atoms with Gasteiger partial charge in [0, 0.05) is 53.9 Å². The molecule has 3 saturated heterocycles. The van der Waals surface area contributed by atoms with Crippen molar-refractivity contribution in [2.24, 2.45) is 0 Å². The van der Waals surface area contributed by atoms with Crippen LogP contribution in [0, 0.1) is 0 Å². The number of carbonyl (C=O) groups is 5. The Balaban J connectivity index is 0.889. The monoisotopic (exact) mass is 1140 g/mol. The van der Waals surface area contributed by atoms with Gasteiger partial charge in [0.1, 0.15) is 16.2 Å². The number of anilines is 2. The number of amides is 4. The van der Waals surface area contributed by atoms with Crippen LogP contribution in [0.5, 0.6) is 5.75 Å². The molecule has 0 radical (unpaired) electrons. The minimum atomic E-state index is -3.92. The number of urea groups is 1. The predicted molar refractivity (Wildman–Crippen MR) is 296 cm³/mol. The van der Waals surface area contributed by atoms with Crippen LogP contribution in [0.25, 0.3) is 21.3 Å². The zero-order chi connectivity index (χ0) is 56.9. The third kappa shape index (κ3) is 13.3. The topological polar surface area (TPSA) is 208 Å². The van der Waals surface area contributed by atoms with Crippen molar-refractivity contribution in [2.45, 2.75) is 154 Å². The summed E-state index contributed by atoms with van der Waals surface area (Å²) in [5.74, 6) is -7.60. The maximum Gasteiger partial charge on any atom is 0.352 e. The highest BCUT2D eigenvalue weighted by Crippen LogP contribution is 2.47. The summed E-state index contributed by atoms with van der Waals surface area (Å²) in [6.07, 6.45) is 1.36. The van der Waals surface area contributed by atoms with E-state index in [1.165, 1.54) is 10.4 Å². The Hall–Kier alpha value is -6.16. The van der Waals surface area contributed by atoms with Crippen molar-refractivity contribution >= 4 is 85.0 Å². The van der Waals surface area contributed by atoms with E-state index in [2.05, 4.69) is 16.0 Å². The van der Waals surface area contributed by atoms with Crippen LogP contribution in [-0.4, -0.2) is 112 Å². The average Bonchev–Trinajstić information content (AvgIpc) is 4.03. The van der Waals surface area contributed by atoms with Gasteiger partial charge in [0.2, 0.25) is 21.8 Å². The Morgan fingerprint density at radius 2 is 1.63 bits per heavy atom. The summed E-state index contributed by atoms with van der Waals surface area (Å²) in [4.78, 5) is 65.9. The molecule has 3 aliphatic rings. The number of rotatable bonds is 14. The van der Waals surface area contributed by atoms with Crippen molar-refractivity contribution in [3.63, 3.8) is 0 Å². The first-order chi connectivity index (χ1) is 36.4. The predicted octanol–water partition coefficient (Wildman–Crippen LogP) is 11.0. The zero-order valence-electron chi connectivity index (χ0n) is 45.6. The Morgan fingerprint density at radius 3 is 2.29 bits per heavy atom. The van der Waals surface area contributed by atoms with Crippen molar-refractivity contribution in [3.05, 3.63) is 93.5 Å².